The molecule has 27 heavy (non-hydrogen) atoms. The molecule has 3 aromatic rings. The molecule has 7 nitrogen and oxygen atoms in total. The Morgan fingerprint density at radius 1 is 1.00 bits per heavy atom. The third-order valence-electron chi connectivity index (χ3n) is 3.78. The predicted molar refractivity (Wildman–Crippen MR) is 101 cm³/mol. The molecule has 0 radical (unpaired) electrons. The largest absolute Gasteiger partial charge is 0.484 e. The van der Waals surface area contributed by atoms with Crippen molar-refractivity contribution in [2.75, 3.05) is 17.2 Å². The van der Waals surface area contributed by atoms with Gasteiger partial charge in [-0.05, 0) is 38.1 Å². The molecule has 0 atom stereocenters. The Bertz CT molecular complexity index is 931. The highest BCUT2D eigenvalue weighted by molar-refractivity contribution is 6.05. The smallest absolute Gasteiger partial charge is 0.262 e. The molecule has 0 unspecified atom stereocenters. The number of rotatable bonds is 6. The topological polar surface area (TPSA) is 93.5 Å². The number of hydrogen-bond acceptors (Lipinski definition) is 5. The van der Waals surface area contributed by atoms with Crippen LogP contribution in [0.2, 0.25) is 0 Å². The highest BCUT2D eigenvalue weighted by Gasteiger charge is 2.17. The van der Waals surface area contributed by atoms with E-state index in [0.29, 0.717) is 34.1 Å². The Labute approximate surface area is 156 Å². The summed E-state index contributed by atoms with van der Waals surface area (Å²) in [5.74, 6) is 0.335. The normalized spacial score (nSPS) is 10.3. The maximum absolute atomic E-state index is 12.4. The lowest BCUT2D eigenvalue weighted by molar-refractivity contribution is -0.118. The summed E-state index contributed by atoms with van der Waals surface area (Å²) in [7, 11) is 0. The summed E-state index contributed by atoms with van der Waals surface area (Å²) in [6.07, 6.45) is 0. The molecule has 0 aliphatic heterocycles. The zero-order valence-electron chi connectivity index (χ0n) is 15.0. The monoisotopic (exact) mass is 365 g/mol. The van der Waals surface area contributed by atoms with E-state index in [0.717, 1.165) is 0 Å². The number of carbonyl (C=O) groups is 2. The molecule has 2 aromatic carbocycles. The molecule has 138 valence electrons. The van der Waals surface area contributed by atoms with Gasteiger partial charge in [0.2, 0.25) is 0 Å². The molecule has 0 aliphatic rings. The van der Waals surface area contributed by atoms with Gasteiger partial charge in [-0.15, -0.1) is 0 Å². The van der Waals surface area contributed by atoms with E-state index in [1.165, 1.54) is 0 Å². The van der Waals surface area contributed by atoms with Gasteiger partial charge in [-0.3, -0.25) is 9.59 Å². The third kappa shape index (κ3) is 4.72. The SMILES string of the molecule is Cc1noc(C)c1C(=O)Nc1cccc(OCC(=O)Nc2ccccc2)c1. The number of hydrogen-bond donors (Lipinski definition) is 2. The molecule has 0 saturated carbocycles. The van der Waals surface area contributed by atoms with Gasteiger partial charge >= 0.3 is 0 Å². The van der Waals surface area contributed by atoms with Crippen molar-refractivity contribution in [3.05, 3.63) is 71.6 Å². The van der Waals surface area contributed by atoms with Gasteiger partial charge in [-0.25, -0.2) is 0 Å². The Morgan fingerprint density at radius 3 is 2.44 bits per heavy atom. The summed E-state index contributed by atoms with van der Waals surface area (Å²) in [5.41, 5.74) is 2.17. The second kappa shape index (κ2) is 8.18. The first-order valence-corrected chi connectivity index (χ1v) is 8.35. The van der Waals surface area contributed by atoms with Crippen molar-refractivity contribution in [1.82, 2.24) is 5.16 Å². The van der Waals surface area contributed by atoms with Crippen LogP contribution in [0.3, 0.4) is 0 Å². The van der Waals surface area contributed by atoms with Crippen molar-refractivity contribution >= 4 is 23.2 Å². The minimum Gasteiger partial charge on any atom is -0.484 e. The first kappa shape index (κ1) is 18.2. The molecule has 1 heterocycles. The van der Waals surface area contributed by atoms with Gasteiger partial charge in [0.05, 0.1) is 5.69 Å². The van der Waals surface area contributed by atoms with Crippen molar-refractivity contribution in [1.29, 1.82) is 0 Å². The summed E-state index contributed by atoms with van der Waals surface area (Å²) in [5, 5.41) is 9.29. The fraction of sp³-hybridized carbons (Fsp3) is 0.150. The van der Waals surface area contributed by atoms with E-state index in [1.807, 2.05) is 18.2 Å². The number of nitrogens with one attached hydrogen (secondary N) is 2. The predicted octanol–water partition coefficient (Wildman–Crippen LogP) is 3.56. The minimum absolute atomic E-state index is 0.143. The number of carbonyl (C=O) groups excluding carboxylic acids is 2. The van der Waals surface area contributed by atoms with Gasteiger partial charge in [-0.1, -0.05) is 29.4 Å². The van der Waals surface area contributed by atoms with Crippen LogP contribution in [0.25, 0.3) is 0 Å². The minimum atomic E-state index is -0.315. The molecular formula is C20H19N3O4. The second-order valence-electron chi connectivity index (χ2n) is 5.88. The van der Waals surface area contributed by atoms with E-state index in [4.69, 9.17) is 9.26 Å². The molecule has 0 spiro atoms. The molecule has 0 bridgehead atoms. The van der Waals surface area contributed by atoms with E-state index >= 15 is 0 Å². The van der Waals surface area contributed by atoms with Gasteiger partial charge < -0.3 is 19.9 Å². The molecule has 3 rings (SSSR count). The number of nitrogens with zero attached hydrogens (tertiary/aromatic N) is 1. The van der Waals surface area contributed by atoms with E-state index in [1.54, 1.807) is 50.2 Å². The van der Waals surface area contributed by atoms with Crippen LogP contribution in [0.5, 0.6) is 5.75 Å². The third-order valence-corrected chi connectivity index (χ3v) is 3.78. The summed E-state index contributed by atoms with van der Waals surface area (Å²) in [4.78, 5) is 24.3. The molecule has 7 heteroatoms. The Balaban J connectivity index is 1.59. The summed E-state index contributed by atoms with van der Waals surface area (Å²) in [6, 6.07) is 15.9. The molecular weight excluding hydrogens is 346 g/mol. The Hall–Kier alpha value is -3.61. The lowest BCUT2D eigenvalue weighted by Gasteiger charge is -2.09. The van der Waals surface area contributed by atoms with Crippen molar-refractivity contribution in [3.8, 4) is 5.75 Å². The summed E-state index contributed by atoms with van der Waals surface area (Å²) in [6.45, 7) is 3.24. The van der Waals surface area contributed by atoms with Gasteiger partial charge in [0.1, 0.15) is 17.1 Å². The van der Waals surface area contributed by atoms with Crippen LogP contribution in [0.4, 0.5) is 11.4 Å². The number of benzene rings is 2. The van der Waals surface area contributed by atoms with Crippen LogP contribution in [0, 0.1) is 13.8 Å². The van der Waals surface area contributed by atoms with Crippen molar-refractivity contribution < 1.29 is 18.8 Å². The first-order chi connectivity index (χ1) is 13.0. The number of amides is 2. The summed E-state index contributed by atoms with van der Waals surface area (Å²) < 4.78 is 10.5. The van der Waals surface area contributed by atoms with Crippen LogP contribution in [-0.2, 0) is 4.79 Å². The maximum atomic E-state index is 12.4. The first-order valence-electron chi connectivity index (χ1n) is 8.35. The van der Waals surface area contributed by atoms with Gasteiger partial charge in [0.15, 0.2) is 6.61 Å². The number of para-hydroxylation sites is 1. The van der Waals surface area contributed by atoms with E-state index in [-0.39, 0.29) is 18.4 Å². The number of aryl methyl sites for hydroxylation is 2. The maximum Gasteiger partial charge on any atom is 0.262 e. The van der Waals surface area contributed by atoms with Crippen molar-refractivity contribution in [2.45, 2.75) is 13.8 Å². The molecule has 0 fully saturated rings. The van der Waals surface area contributed by atoms with Crippen molar-refractivity contribution in [3.63, 3.8) is 0 Å². The van der Waals surface area contributed by atoms with Crippen LogP contribution in [0.1, 0.15) is 21.8 Å². The number of ether oxygens (including phenoxy) is 1. The molecule has 0 aliphatic carbocycles. The fourth-order valence-corrected chi connectivity index (χ4v) is 2.53. The molecule has 2 N–H and O–H groups in total. The molecule has 2 amide bonds. The van der Waals surface area contributed by atoms with Gasteiger partial charge in [-0.2, -0.15) is 0 Å². The zero-order chi connectivity index (χ0) is 19.2. The number of anilines is 2. The van der Waals surface area contributed by atoms with Gasteiger partial charge in [0.25, 0.3) is 11.8 Å². The lowest BCUT2D eigenvalue weighted by Crippen LogP contribution is -2.20. The number of aromatic nitrogens is 1. The quantitative estimate of drug-likeness (QED) is 0.697. The average Bonchev–Trinajstić information content (AvgIpc) is 2.99. The fourth-order valence-electron chi connectivity index (χ4n) is 2.53. The summed E-state index contributed by atoms with van der Waals surface area (Å²) >= 11 is 0. The van der Waals surface area contributed by atoms with Crippen LogP contribution in [0.15, 0.2) is 59.1 Å². The lowest BCUT2D eigenvalue weighted by atomic mass is 10.2. The average molecular weight is 365 g/mol. The second-order valence-corrected chi connectivity index (χ2v) is 5.88. The van der Waals surface area contributed by atoms with Gasteiger partial charge in [0, 0.05) is 17.4 Å². The standard InChI is InChI=1S/C20H19N3O4/c1-13-19(14(2)27-23-13)20(25)22-16-9-6-10-17(11-16)26-12-18(24)21-15-7-4-3-5-8-15/h3-11H,12H2,1-2H3,(H,21,24)(H,22,25). The zero-order valence-corrected chi connectivity index (χ0v) is 15.0. The van der Waals surface area contributed by atoms with E-state index < -0.39 is 0 Å². The van der Waals surface area contributed by atoms with Crippen LogP contribution in [-0.4, -0.2) is 23.6 Å². The van der Waals surface area contributed by atoms with Crippen molar-refractivity contribution in [2.24, 2.45) is 0 Å². The van der Waals surface area contributed by atoms with E-state index in [9.17, 15) is 9.59 Å². The highest BCUT2D eigenvalue weighted by Crippen LogP contribution is 2.20. The Kier molecular flexibility index (Phi) is 5.51. The van der Waals surface area contributed by atoms with E-state index in [2.05, 4.69) is 15.8 Å². The molecule has 1 aromatic heterocycles. The van der Waals surface area contributed by atoms with Crippen LogP contribution >= 0.6 is 0 Å². The molecule has 0 saturated heterocycles. The van der Waals surface area contributed by atoms with Crippen LogP contribution < -0.4 is 15.4 Å². The Morgan fingerprint density at radius 2 is 1.74 bits per heavy atom. The highest BCUT2D eigenvalue weighted by atomic mass is 16.5.